The van der Waals surface area contributed by atoms with E-state index in [1.165, 1.54) is 33.6 Å². The van der Waals surface area contributed by atoms with Crippen LogP contribution in [0.4, 0.5) is 17.1 Å². The Kier molecular flexibility index (Phi) is 13.6. The van der Waals surface area contributed by atoms with Crippen LogP contribution in [0.25, 0.3) is 0 Å². The summed E-state index contributed by atoms with van der Waals surface area (Å²) in [5.41, 5.74) is 10.5. The first kappa shape index (κ1) is 39.0. The first-order valence-electron chi connectivity index (χ1n) is 16.7. The molecule has 2 aliphatic rings. The zero-order valence-electron chi connectivity index (χ0n) is 29.6. The summed E-state index contributed by atoms with van der Waals surface area (Å²) in [5.74, 6) is 2.58. The van der Waals surface area contributed by atoms with Crippen molar-refractivity contribution in [2.24, 2.45) is 0 Å². The number of amides is 1. The van der Waals surface area contributed by atoms with Crippen LogP contribution < -0.4 is 44.3 Å². The van der Waals surface area contributed by atoms with E-state index in [1.807, 2.05) is 20.0 Å². The largest absolute Gasteiger partial charge is 1.00 e. The topological polar surface area (TPSA) is 36.0 Å². The molecule has 2 aliphatic heterocycles. The summed E-state index contributed by atoms with van der Waals surface area (Å²) in [5, 5.41) is 0. The van der Waals surface area contributed by atoms with Gasteiger partial charge in [-0.15, -0.1) is 0 Å². The van der Waals surface area contributed by atoms with Gasteiger partial charge in [0.1, 0.15) is 0 Å². The third-order valence-electron chi connectivity index (χ3n) is 9.24. The third-order valence-corrected chi connectivity index (χ3v) is 11.7. The van der Waals surface area contributed by atoms with Gasteiger partial charge >= 0.3 is 280 Å². The Morgan fingerprint density at radius 2 is 1.17 bits per heavy atom. The molecule has 1 saturated heterocycles. The molecule has 0 N–H and O–H groups in total. The van der Waals surface area contributed by atoms with Crippen LogP contribution in [-0.4, -0.2) is 41.5 Å². The molecule has 8 heteroatoms. The van der Waals surface area contributed by atoms with Gasteiger partial charge in [0.2, 0.25) is 0 Å². The van der Waals surface area contributed by atoms with Gasteiger partial charge in [0.05, 0.1) is 0 Å². The second kappa shape index (κ2) is 16.3. The minimum atomic E-state index is -0.439. The predicted octanol–water partition coefficient (Wildman–Crippen LogP) is 2.87. The van der Waals surface area contributed by atoms with E-state index in [0.717, 1.165) is 30.1 Å². The average Bonchev–Trinajstić information content (AvgIpc) is 3.43. The van der Waals surface area contributed by atoms with Crippen molar-refractivity contribution in [2.75, 3.05) is 34.8 Å². The van der Waals surface area contributed by atoms with Crippen molar-refractivity contribution < 1.29 is 51.0 Å². The maximum absolute atomic E-state index is 12.9. The SMILES string of the molecule is CCC1Oc2c(/[CH]=[Ru+2]/[CH]3N(c4c(C(C)C)cccc4C(C)C)CCN3c3c(C(C)C)cccc3C(C)C)cccc2N(C)C1=O.[Cl-].[Cl-]. The molecular weight excluding hydrogens is 714 g/mol. The minimum absolute atomic E-state index is 0. The van der Waals surface area contributed by atoms with Crippen molar-refractivity contribution in [3.8, 4) is 5.75 Å². The average molecular weight is 767 g/mol. The van der Waals surface area contributed by atoms with E-state index in [9.17, 15) is 4.79 Å². The van der Waals surface area contributed by atoms with Gasteiger partial charge in [0, 0.05) is 0 Å². The Bertz CT molecular complexity index is 1450. The molecule has 0 aromatic heterocycles. The molecule has 0 saturated carbocycles. The van der Waals surface area contributed by atoms with Crippen molar-refractivity contribution in [3.63, 3.8) is 0 Å². The molecule has 3 aromatic rings. The smallest absolute Gasteiger partial charge is 1.00 e. The Hall–Kier alpha value is -2.40. The first-order chi connectivity index (χ1) is 21.5. The number of para-hydroxylation sites is 3. The quantitative estimate of drug-likeness (QED) is 0.315. The molecule has 2 heterocycles. The van der Waals surface area contributed by atoms with Crippen molar-refractivity contribution in [1.29, 1.82) is 0 Å². The fourth-order valence-electron chi connectivity index (χ4n) is 6.75. The molecule has 1 fully saturated rings. The number of likely N-dealkylation sites (N-methyl/N-ethyl adjacent to an activating group) is 1. The van der Waals surface area contributed by atoms with Gasteiger partial charge in [0.15, 0.2) is 0 Å². The van der Waals surface area contributed by atoms with E-state index in [-0.39, 0.29) is 52.2 Å². The number of carbonyl (C=O) groups excluding carboxylic acids is 1. The summed E-state index contributed by atoms with van der Waals surface area (Å²) in [4.78, 5) is 20.2. The van der Waals surface area contributed by atoms with Crippen LogP contribution in [0.5, 0.6) is 5.75 Å². The predicted molar refractivity (Wildman–Crippen MR) is 187 cm³/mol. The van der Waals surface area contributed by atoms with Gasteiger partial charge < -0.3 is 24.8 Å². The second-order valence-electron chi connectivity index (χ2n) is 13.7. The number of hydrogen-bond donors (Lipinski definition) is 0. The number of ether oxygens (including phenoxy) is 1. The number of carbonyl (C=O) groups is 1. The van der Waals surface area contributed by atoms with Gasteiger partial charge in [-0.3, -0.25) is 0 Å². The fourth-order valence-corrected chi connectivity index (χ4v) is 9.24. The van der Waals surface area contributed by atoms with E-state index < -0.39 is 6.10 Å². The maximum Gasteiger partial charge on any atom is -1.00 e. The number of fused-ring (bicyclic) bond motifs is 1. The Labute approximate surface area is 303 Å². The standard InChI is InChI=1S/C27H39N2.C12H13NO2.2ClH.Ru/c1-18(2)22-11-9-12-23(19(3)4)26(22)28-15-16-29(17-28)27-24(20(5)6)13-10-14-25(27)21(7)8;1-4-10-12(14)13(3)9-7-5-6-8(2)11(9)15-10;;;/h9-14,17-21H,15-16H2,1-8H3;2,5-7,10H,4H2,1,3H3;2*1H;/q;;;;+2/p-2. The van der Waals surface area contributed by atoms with E-state index in [1.54, 1.807) is 4.90 Å². The monoisotopic (exact) mass is 766 g/mol. The normalized spacial score (nSPS) is 16.8. The molecule has 5 rings (SSSR count). The molecule has 1 amide bonds. The summed E-state index contributed by atoms with van der Waals surface area (Å²) < 4.78 is 9.06. The zero-order valence-corrected chi connectivity index (χ0v) is 32.9. The second-order valence-corrected chi connectivity index (χ2v) is 15.7. The number of benzene rings is 3. The summed E-state index contributed by atoms with van der Waals surface area (Å²) in [6.07, 6.45) is 0.216. The van der Waals surface area contributed by atoms with E-state index in [0.29, 0.717) is 30.1 Å². The van der Waals surface area contributed by atoms with Gasteiger partial charge in [-0.1, -0.05) is 0 Å². The van der Waals surface area contributed by atoms with Gasteiger partial charge in [-0.05, 0) is 0 Å². The van der Waals surface area contributed by atoms with Crippen LogP contribution in [0.2, 0.25) is 0 Å². The van der Waals surface area contributed by atoms with E-state index >= 15 is 0 Å². The molecule has 1 atom stereocenters. The maximum atomic E-state index is 12.9. The van der Waals surface area contributed by atoms with Crippen molar-refractivity contribution in [1.82, 2.24) is 0 Å². The third kappa shape index (κ3) is 7.61. The molecule has 47 heavy (non-hydrogen) atoms. The number of rotatable bonds is 9. The molecule has 257 valence electrons. The summed E-state index contributed by atoms with van der Waals surface area (Å²) >= 11 is -0.291. The molecule has 0 radical (unpaired) electrons. The number of halogens is 2. The van der Waals surface area contributed by atoms with Crippen molar-refractivity contribution in [3.05, 3.63) is 82.4 Å². The number of anilines is 3. The van der Waals surface area contributed by atoms with Crippen molar-refractivity contribution >= 4 is 27.6 Å². The van der Waals surface area contributed by atoms with E-state index in [4.69, 9.17) is 4.74 Å². The Balaban J connectivity index is 0.00000300. The minimum Gasteiger partial charge on any atom is -1.00 e. The van der Waals surface area contributed by atoms with Crippen LogP contribution >= 0.6 is 0 Å². The summed E-state index contributed by atoms with van der Waals surface area (Å²) in [7, 11) is 1.87. The molecule has 5 nitrogen and oxygen atoms in total. The summed E-state index contributed by atoms with van der Waals surface area (Å²) in [6.45, 7) is 22.6. The number of nitrogens with zero attached hydrogens (tertiary/aromatic N) is 3. The molecule has 3 aromatic carbocycles. The molecular formula is C39H52Cl2N3O2Ru. The molecule has 1 unspecified atom stereocenters. The van der Waals surface area contributed by atoms with Crippen LogP contribution in [0.1, 0.15) is 120 Å². The molecule has 0 bridgehead atoms. The Morgan fingerprint density at radius 1 is 0.745 bits per heavy atom. The molecule has 0 spiro atoms. The zero-order chi connectivity index (χ0) is 32.6. The van der Waals surface area contributed by atoms with Gasteiger partial charge in [-0.25, -0.2) is 0 Å². The van der Waals surface area contributed by atoms with Crippen LogP contribution in [0, 0.1) is 0 Å². The number of hydrogen-bond acceptors (Lipinski definition) is 4. The van der Waals surface area contributed by atoms with Crippen molar-refractivity contribution in [2.45, 2.75) is 103 Å². The van der Waals surface area contributed by atoms with Crippen LogP contribution in [0.3, 0.4) is 0 Å². The molecule has 0 aliphatic carbocycles. The fraction of sp³-hybridized carbons (Fsp3) is 0.487. The summed E-state index contributed by atoms with van der Waals surface area (Å²) in [6, 6.07) is 20.1. The van der Waals surface area contributed by atoms with Crippen LogP contribution in [-0.2, 0) is 21.5 Å². The van der Waals surface area contributed by atoms with E-state index in [2.05, 4.69) is 118 Å². The van der Waals surface area contributed by atoms with Crippen LogP contribution in [0.15, 0.2) is 54.6 Å². The van der Waals surface area contributed by atoms with Gasteiger partial charge in [-0.2, -0.15) is 0 Å². The Morgan fingerprint density at radius 3 is 1.57 bits per heavy atom. The first-order valence-corrected chi connectivity index (χ1v) is 18.7. The van der Waals surface area contributed by atoms with Gasteiger partial charge in [0.25, 0.3) is 0 Å².